The van der Waals surface area contributed by atoms with Crippen LogP contribution in [0.1, 0.15) is 30.9 Å². The molecule has 0 aromatic heterocycles. The van der Waals surface area contributed by atoms with E-state index < -0.39 is 0 Å². The lowest BCUT2D eigenvalue weighted by atomic mass is 9.99. The molecule has 1 aromatic carbocycles. The molecule has 0 radical (unpaired) electrons. The van der Waals surface area contributed by atoms with Crippen molar-refractivity contribution in [2.75, 3.05) is 6.61 Å². The van der Waals surface area contributed by atoms with Gasteiger partial charge in [-0.25, -0.2) is 0 Å². The highest BCUT2D eigenvalue weighted by atomic mass is 127. The number of fused-ring (bicyclic) bond motifs is 1. The zero-order chi connectivity index (χ0) is 9.42. The average Bonchev–Trinajstić information content (AvgIpc) is 2.53. The fourth-order valence-electron chi connectivity index (χ4n) is 1.74. The molecule has 1 aromatic rings. The van der Waals surface area contributed by atoms with Crippen LogP contribution < -0.4 is 4.74 Å². The molecular formula is C11H13IO. The third-order valence-electron chi connectivity index (χ3n) is 2.45. The number of hydrogen-bond donors (Lipinski definition) is 0. The van der Waals surface area contributed by atoms with Gasteiger partial charge in [-0.2, -0.15) is 0 Å². The van der Waals surface area contributed by atoms with Gasteiger partial charge in [-0.1, -0.05) is 19.9 Å². The number of ether oxygens (including phenoxy) is 1. The van der Waals surface area contributed by atoms with Crippen molar-refractivity contribution >= 4 is 22.6 Å². The molecule has 0 saturated heterocycles. The van der Waals surface area contributed by atoms with Crippen molar-refractivity contribution in [1.82, 2.24) is 0 Å². The van der Waals surface area contributed by atoms with E-state index in [1.807, 2.05) is 0 Å². The van der Waals surface area contributed by atoms with Crippen LogP contribution in [0.2, 0.25) is 0 Å². The number of benzene rings is 1. The number of rotatable bonds is 1. The first-order valence-corrected chi connectivity index (χ1v) is 5.72. The second-order valence-corrected chi connectivity index (χ2v) is 4.86. The van der Waals surface area contributed by atoms with Crippen molar-refractivity contribution in [2.45, 2.75) is 26.2 Å². The molecule has 13 heavy (non-hydrogen) atoms. The van der Waals surface area contributed by atoms with Gasteiger partial charge in [0.05, 0.1) is 6.61 Å². The molecule has 1 aliphatic rings. The zero-order valence-corrected chi connectivity index (χ0v) is 10.1. The summed E-state index contributed by atoms with van der Waals surface area (Å²) in [5, 5.41) is 0. The number of halogens is 1. The summed E-state index contributed by atoms with van der Waals surface area (Å²) in [6.45, 7) is 5.28. The van der Waals surface area contributed by atoms with Crippen LogP contribution >= 0.6 is 22.6 Å². The SMILES string of the molecule is CC(C)c1ccc(I)c2c1OCC2. The molecule has 0 unspecified atom stereocenters. The van der Waals surface area contributed by atoms with Gasteiger partial charge in [-0.15, -0.1) is 0 Å². The van der Waals surface area contributed by atoms with E-state index in [1.165, 1.54) is 14.7 Å². The van der Waals surface area contributed by atoms with E-state index >= 15 is 0 Å². The molecule has 2 heteroatoms. The van der Waals surface area contributed by atoms with E-state index in [0.717, 1.165) is 18.8 Å². The standard InChI is InChI=1S/C11H13IO/c1-7(2)8-3-4-10(12)9-5-6-13-11(8)9/h3-4,7H,5-6H2,1-2H3. The predicted octanol–water partition coefficient (Wildman–Crippen LogP) is 3.35. The quantitative estimate of drug-likeness (QED) is 0.720. The molecular weight excluding hydrogens is 275 g/mol. The predicted molar refractivity (Wildman–Crippen MR) is 62.4 cm³/mol. The topological polar surface area (TPSA) is 9.23 Å². The van der Waals surface area contributed by atoms with Crippen LogP contribution in [-0.4, -0.2) is 6.61 Å². The van der Waals surface area contributed by atoms with Crippen molar-refractivity contribution in [3.05, 3.63) is 26.8 Å². The highest BCUT2D eigenvalue weighted by Gasteiger charge is 2.20. The van der Waals surface area contributed by atoms with Gasteiger partial charge in [0.2, 0.25) is 0 Å². The highest BCUT2D eigenvalue weighted by molar-refractivity contribution is 14.1. The minimum absolute atomic E-state index is 0.559. The normalized spacial score (nSPS) is 14.5. The summed E-state index contributed by atoms with van der Waals surface area (Å²) >= 11 is 2.39. The minimum Gasteiger partial charge on any atom is -0.493 e. The third kappa shape index (κ3) is 1.56. The Balaban J connectivity index is 2.56. The van der Waals surface area contributed by atoms with Crippen LogP contribution in [0.15, 0.2) is 12.1 Å². The van der Waals surface area contributed by atoms with Gasteiger partial charge < -0.3 is 4.74 Å². The molecule has 1 nitrogen and oxygen atoms in total. The van der Waals surface area contributed by atoms with Crippen LogP contribution in [0.4, 0.5) is 0 Å². The van der Waals surface area contributed by atoms with Gasteiger partial charge in [0.15, 0.2) is 0 Å². The Kier molecular flexibility index (Phi) is 2.49. The molecule has 0 atom stereocenters. The molecule has 0 amide bonds. The van der Waals surface area contributed by atoms with E-state index in [1.54, 1.807) is 0 Å². The molecule has 0 bridgehead atoms. The Hall–Kier alpha value is -0.250. The van der Waals surface area contributed by atoms with Gasteiger partial charge in [0.25, 0.3) is 0 Å². The average molecular weight is 288 g/mol. The lowest BCUT2D eigenvalue weighted by molar-refractivity contribution is 0.352. The minimum atomic E-state index is 0.559. The van der Waals surface area contributed by atoms with Crippen LogP contribution in [-0.2, 0) is 6.42 Å². The monoisotopic (exact) mass is 288 g/mol. The van der Waals surface area contributed by atoms with Gasteiger partial charge in [-0.3, -0.25) is 0 Å². The Bertz CT molecular complexity index is 331. The van der Waals surface area contributed by atoms with Crippen molar-refractivity contribution in [3.8, 4) is 5.75 Å². The second-order valence-electron chi connectivity index (χ2n) is 3.70. The molecule has 0 saturated carbocycles. The van der Waals surface area contributed by atoms with Crippen LogP contribution in [0.5, 0.6) is 5.75 Å². The Morgan fingerprint density at radius 1 is 1.38 bits per heavy atom. The van der Waals surface area contributed by atoms with Gasteiger partial charge in [-0.05, 0) is 40.1 Å². The van der Waals surface area contributed by atoms with E-state index in [-0.39, 0.29) is 0 Å². The van der Waals surface area contributed by atoms with Gasteiger partial charge >= 0.3 is 0 Å². The first-order chi connectivity index (χ1) is 6.20. The lowest BCUT2D eigenvalue weighted by Crippen LogP contribution is -1.94. The Morgan fingerprint density at radius 3 is 2.85 bits per heavy atom. The fraction of sp³-hybridized carbons (Fsp3) is 0.455. The molecule has 70 valence electrons. The summed E-state index contributed by atoms with van der Waals surface area (Å²) in [5.41, 5.74) is 2.76. The first kappa shape index (κ1) is 9.31. The van der Waals surface area contributed by atoms with E-state index in [2.05, 4.69) is 48.6 Å². The Morgan fingerprint density at radius 2 is 2.15 bits per heavy atom. The summed E-state index contributed by atoms with van der Waals surface area (Å²) in [6, 6.07) is 4.39. The van der Waals surface area contributed by atoms with Crippen molar-refractivity contribution in [2.24, 2.45) is 0 Å². The third-order valence-corrected chi connectivity index (χ3v) is 3.46. The summed E-state index contributed by atoms with van der Waals surface area (Å²) in [4.78, 5) is 0. The molecule has 0 N–H and O–H groups in total. The van der Waals surface area contributed by atoms with Gasteiger partial charge in [0.1, 0.15) is 5.75 Å². The van der Waals surface area contributed by atoms with E-state index in [4.69, 9.17) is 4.74 Å². The summed E-state index contributed by atoms with van der Waals surface area (Å²) < 4.78 is 7.01. The fourth-order valence-corrected chi connectivity index (χ4v) is 2.43. The first-order valence-electron chi connectivity index (χ1n) is 4.64. The zero-order valence-electron chi connectivity index (χ0n) is 7.93. The molecule has 0 aliphatic carbocycles. The maximum atomic E-state index is 5.67. The maximum Gasteiger partial charge on any atom is 0.127 e. The van der Waals surface area contributed by atoms with Crippen molar-refractivity contribution in [1.29, 1.82) is 0 Å². The summed E-state index contributed by atoms with van der Waals surface area (Å²) in [5.74, 6) is 1.71. The lowest BCUT2D eigenvalue weighted by Gasteiger charge is -2.11. The molecule has 0 spiro atoms. The highest BCUT2D eigenvalue weighted by Crippen LogP contribution is 2.36. The Labute approximate surface area is 92.6 Å². The molecule has 1 heterocycles. The molecule has 0 fully saturated rings. The van der Waals surface area contributed by atoms with E-state index in [9.17, 15) is 0 Å². The van der Waals surface area contributed by atoms with Crippen molar-refractivity contribution < 1.29 is 4.74 Å². The maximum absolute atomic E-state index is 5.67. The molecule has 1 aliphatic heterocycles. The van der Waals surface area contributed by atoms with Crippen molar-refractivity contribution in [3.63, 3.8) is 0 Å². The summed E-state index contributed by atoms with van der Waals surface area (Å²) in [7, 11) is 0. The number of hydrogen-bond acceptors (Lipinski definition) is 1. The van der Waals surface area contributed by atoms with Crippen LogP contribution in [0.25, 0.3) is 0 Å². The van der Waals surface area contributed by atoms with E-state index in [0.29, 0.717) is 5.92 Å². The largest absolute Gasteiger partial charge is 0.493 e. The second kappa shape index (κ2) is 3.48. The summed E-state index contributed by atoms with van der Waals surface area (Å²) in [6.07, 6.45) is 1.08. The smallest absolute Gasteiger partial charge is 0.127 e. The van der Waals surface area contributed by atoms with Crippen LogP contribution in [0, 0.1) is 3.57 Å². The van der Waals surface area contributed by atoms with Crippen LogP contribution in [0.3, 0.4) is 0 Å². The molecule has 2 rings (SSSR count). The van der Waals surface area contributed by atoms with Gasteiger partial charge in [0, 0.05) is 15.6 Å².